The molecule has 0 spiro atoms. The molecular weight excluding hydrogens is 189 g/mol. The van der Waals surface area contributed by atoms with E-state index in [1.54, 1.807) is 10.6 Å². The fraction of sp³-hybridized carbons (Fsp3) is 0.200. The molecule has 0 aliphatic carbocycles. The van der Waals surface area contributed by atoms with Crippen LogP contribution in [0.2, 0.25) is 5.02 Å². The zero-order valence-electron chi connectivity index (χ0n) is 7.44. The molecule has 1 heterocycles. The molecule has 0 atom stereocenters. The molecule has 1 nitrogen and oxygen atoms in total. The second kappa shape index (κ2) is 2.74. The van der Waals surface area contributed by atoms with Crippen LogP contribution in [0.1, 0.15) is 5.69 Å². The Labute approximate surface area is 80.7 Å². The van der Waals surface area contributed by atoms with E-state index >= 15 is 0 Å². The lowest BCUT2D eigenvalue weighted by Gasteiger charge is -1.98. The van der Waals surface area contributed by atoms with Crippen molar-refractivity contribution < 1.29 is 4.39 Å². The van der Waals surface area contributed by atoms with Crippen LogP contribution in [0.3, 0.4) is 0 Å². The van der Waals surface area contributed by atoms with Crippen molar-refractivity contribution in [2.45, 2.75) is 6.92 Å². The van der Waals surface area contributed by atoms with Crippen molar-refractivity contribution in [2.75, 3.05) is 0 Å². The van der Waals surface area contributed by atoms with Crippen molar-refractivity contribution in [3.8, 4) is 0 Å². The van der Waals surface area contributed by atoms with Gasteiger partial charge in [0.25, 0.3) is 0 Å². The summed E-state index contributed by atoms with van der Waals surface area (Å²) >= 11 is 6.03. The summed E-state index contributed by atoms with van der Waals surface area (Å²) in [5, 5.41) is 1.42. The number of para-hydroxylation sites is 1. The van der Waals surface area contributed by atoms with Gasteiger partial charge in [0.15, 0.2) is 0 Å². The third-order valence-electron chi connectivity index (χ3n) is 2.38. The first kappa shape index (κ1) is 8.57. The van der Waals surface area contributed by atoms with Gasteiger partial charge in [-0.3, -0.25) is 0 Å². The minimum atomic E-state index is -0.227. The standard InChI is InChI=1S/C10H9ClFN/c1-6-9(11)7-4-3-5-8(12)10(7)13(6)2/h3-5H,1-2H3. The van der Waals surface area contributed by atoms with Crippen molar-refractivity contribution in [1.82, 2.24) is 4.57 Å². The molecule has 0 fully saturated rings. The Morgan fingerprint density at radius 3 is 2.69 bits per heavy atom. The van der Waals surface area contributed by atoms with Crippen LogP contribution < -0.4 is 0 Å². The van der Waals surface area contributed by atoms with Crippen LogP contribution >= 0.6 is 11.6 Å². The van der Waals surface area contributed by atoms with Crippen molar-refractivity contribution in [3.63, 3.8) is 0 Å². The number of aryl methyl sites for hydroxylation is 1. The van der Waals surface area contributed by atoms with Crippen LogP contribution in [0.5, 0.6) is 0 Å². The Kier molecular flexibility index (Phi) is 1.81. The topological polar surface area (TPSA) is 4.93 Å². The summed E-state index contributed by atoms with van der Waals surface area (Å²) in [7, 11) is 1.81. The van der Waals surface area contributed by atoms with Gasteiger partial charge in [0.2, 0.25) is 0 Å². The molecule has 0 aliphatic rings. The molecule has 13 heavy (non-hydrogen) atoms. The summed E-state index contributed by atoms with van der Waals surface area (Å²) < 4.78 is 15.1. The number of rotatable bonds is 0. The average molecular weight is 198 g/mol. The quantitative estimate of drug-likeness (QED) is 0.611. The largest absolute Gasteiger partial charge is 0.344 e. The summed E-state index contributed by atoms with van der Waals surface area (Å²) in [6, 6.07) is 4.94. The lowest BCUT2D eigenvalue weighted by atomic mass is 10.2. The monoisotopic (exact) mass is 197 g/mol. The molecule has 0 saturated carbocycles. The molecule has 0 saturated heterocycles. The second-order valence-corrected chi connectivity index (χ2v) is 3.47. The minimum Gasteiger partial charge on any atom is -0.344 e. The first-order valence-electron chi connectivity index (χ1n) is 4.02. The van der Waals surface area contributed by atoms with Crippen molar-refractivity contribution in [3.05, 3.63) is 34.7 Å². The van der Waals surface area contributed by atoms with Gasteiger partial charge in [-0.15, -0.1) is 0 Å². The highest BCUT2D eigenvalue weighted by molar-refractivity contribution is 6.36. The maximum absolute atomic E-state index is 13.4. The molecule has 0 bridgehead atoms. The van der Waals surface area contributed by atoms with Crippen molar-refractivity contribution in [2.24, 2.45) is 7.05 Å². The van der Waals surface area contributed by atoms with Gasteiger partial charge in [-0.05, 0) is 13.0 Å². The molecule has 1 aromatic heterocycles. The molecule has 0 amide bonds. The van der Waals surface area contributed by atoms with E-state index in [2.05, 4.69) is 0 Å². The Morgan fingerprint density at radius 2 is 2.08 bits per heavy atom. The van der Waals surface area contributed by atoms with Gasteiger partial charge < -0.3 is 4.57 Å². The highest BCUT2D eigenvalue weighted by atomic mass is 35.5. The maximum atomic E-state index is 13.4. The number of fused-ring (bicyclic) bond motifs is 1. The number of hydrogen-bond donors (Lipinski definition) is 0. The first-order valence-corrected chi connectivity index (χ1v) is 4.39. The smallest absolute Gasteiger partial charge is 0.147 e. The Hall–Kier alpha value is -1.02. The van der Waals surface area contributed by atoms with Crippen LogP contribution in [0, 0.1) is 12.7 Å². The average Bonchev–Trinajstić information content (AvgIpc) is 2.33. The molecule has 1 aromatic carbocycles. The molecule has 0 unspecified atom stereocenters. The molecule has 3 heteroatoms. The fourth-order valence-corrected chi connectivity index (χ4v) is 1.82. The molecule has 2 rings (SSSR count). The van der Waals surface area contributed by atoms with Crippen LogP contribution in [-0.4, -0.2) is 4.57 Å². The first-order chi connectivity index (χ1) is 6.13. The van der Waals surface area contributed by atoms with Gasteiger partial charge in [0.05, 0.1) is 10.5 Å². The van der Waals surface area contributed by atoms with E-state index in [-0.39, 0.29) is 5.82 Å². The number of benzene rings is 1. The van der Waals surface area contributed by atoms with Crippen LogP contribution in [-0.2, 0) is 7.05 Å². The summed E-state index contributed by atoms with van der Waals surface area (Å²) in [5.41, 5.74) is 1.46. The van der Waals surface area contributed by atoms with E-state index in [4.69, 9.17) is 11.6 Å². The fourth-order valence-electron chi connectivity index (χ4n) is 1.54. The molecule has 0 N–H and O–H groups in total. The van der Waals surface area contributed by atoms with E-state index in [0.717, 1.165) is 11.1 Å². The van der Waals surface area contributed by atoms with Gasteiger partial charge >= 0.3 is 0 Å². The van der Waals surface area contributed by atoms with Gasteiger partial charge in [-0.25, -0.2) is 4.39 Å². The Bertz CT molecular complexity index is 473. The zero-order chi connectivity index (χ0) is 9.59. The highest BCUT2D eigenvalue weighted by Crippen LogP contribution is 2.30. The minimum absolute atomic E-state index is 0.227. The predicted molar refractivity (Wildman–Crippen MR) is 52.6 cm³/mol. The number of halogens is 2. The third kappa shape index (κ3) is 1.05. The van der Waals surface area contributed by atoms with E-state index < -0.39 is 0 Å². The molecule has 0 radical (unpaired) electrons. The second-order valence-electron chi connectivity index (χ2n) is 3.09. The van der Waals surface area contributed by atoms with Gasteiger partial charge in [-0.1, -0.05) is 23.7 Å². The molecular formula is C10H9ClFN. The van der Waals surface area contributed by atoms with Crippen LogP contribution in [0.4, 0.5) is 4.39 Å². The van der Waals surface area contributed by atoms with Gasteiger partial charge in [-0.2, -0.15) is 0 Å². The predicted octanol–water partition coefficient (Wildman–Crippen LogP) is 3.28. The number of nitrogens with zero attached hydrogens (tertiary/aromatic N) is 1. The third-order valence-corrected chi connectivity index (χ3v) is 2.86. The van der Waals surface area contributed by atoms with Gasteiger partial charge in [0.1, 0.15) is 5.82 Å². The number of aromatic nitrogens is 1. The molecule has 68 valence electrons. The molecule has 0 aliphatic heterocycles. The summed E-state index contributed by atoms with van der Waals surface area (Å²) in [6.07, 6.45) is 0. The Balaban J connectivity index is 3.03. The van der Waals surface area contributed by atoms with E-state index in [0.29, 0.717) is 10.5 Å². The maximum Gasteiger partial charge on any atom is 0.147 e. The highest BCUT2D eigenvalue weighted by Gasteiger charge is 2.12. The van der Waals surface area contributed by atoms with E-state index in [1.807, 2.05) is 20.0 Å². The van der Waals surface area contributed by atoms with E-state index in [1.165, 1.54) is 6.07 Å². The normalized spacial score (nSPS) is 11.1. The van der Waals surface area contributed by atoms with Crippen molar-refractivity contribution in [1.29, 1.82) is 0 Å². The molecule has 2 aromatic rings. The Morgan fingerprint density at radius 1 is 1.38 bits per heavy atom. The lowest BCUT2D eigenvalue weighted by Crippen LogP contribution is -1.91. The lowest BCUT2D eigenvalue weighted by molar-refractivity contribution is 0.631. The van der Waals surface area contributed by atoms with Crippen LogP contribution in [0.15, 0.2) is 18.2 Å². The van der Waals surface area contributed by atoms with Crippen molar-refractivity contribution >= 4 is 22.5 Å². The van der Waals surface area contributed by atoms with Crippen LogP contribution in [0.25, 0.3) is 10.9 Å². The zero-order valence-corrected chi connectivity index (χ0v) is 8.19. The van der Waals surface area contributed by atoms with E-state index in [9.17, 15) is 4.39 Å². The SMILES string of the molecule is Cc1c(Cl)c2cccc(F)c2n1C. The summed E-state index contributed by atoms with van der Waals surface area (Å²) in [5.74, 6) is -0.227. The summed E-state index contributed by atoms with van der Waals surface area (Å²) in [4.78, 5) is 0. The number of hydrogen-bond acceptors (Lipinski definition) is 0. The van der Waals surface area contributed by atoms with Gasteiger partial charge in [0, 0.05) is 18.1 Å². The summed E-state index contributed by atoms with van der Waals surface area (Å²) in [6.45, 7) is 1.88.